The second kappa shape index (κ2) is 5.03. The summed E-state index contributed by atoms with van der Waals surface area (Å²) in [6, 6.07) is 8.17. The van der Waals surface area contributed by atoms with E-state index in [1.807, 2.05) is 0 Å². The standard InChI is InChI=1S/C13H9NO3/c15-11(10-4-1-2-8-14-10)6-7-12(16)13-5-3-9-17-13/h1-9H. The van der Waals surface area contributed by atoms with Gasteiger partial charge < -0.3 is 4.42 Å². The summed E-state index contributed by atoms with van der Waals surface area (Å²) in [7, 11) is 0. The lowest BCUT2D eigenvalue weighted by Crippen LogP contribution is -1.99. The number of allylic oxidation sites excluding steroid dienone is 2. The number of hydrogen-bond acceptors (Lipinski definition) is 4. The van der Waals surface area contributed by atoms with Crippen molar-refractivity contribution in [2.75, 3.05) is 0 Å². The highest BCUT2D eigenvalue weighted by molar-refractivity contribution is 6.10. The number of hydrogen-bond donors (Lipinski definition) is 0. The van der Waals surface area contributed by atoms with Gasteiger partial charge >= 0.3 is 0 Å². The van der Waals surface area contributed by atoms with Crippen LogP contribution in [0.15, 0.2) is 59.4 Å². The van der Waals surface area contributed by atoms with E-state index >= 15 is 0 Å². The van der Waals surface area contributed by atoms with E-state index in [1.54, 1.807) is 24.3 Å². The average molecular weight is 227 g/mol. The molecule has 0 radical (unpaired) electrons. The Balaban J connectivity index is 2.07. The minimum absolute atomic E-state index is 0.204. The molecule has 4 heteroatoms. The van der Waals surface area contributed by atoms with Crippen LogP contribution in [-0.4, -0.2) is 16.6 Å². The summed E-state index contributed by atoms with van der Waals surface area (Å²) in [4.78, 5) is 27.0. The summed E-state index contributed by atoms with van der Waals surface area (Å²) in [6.07, 6.45) is 5.29. The zero-order valence-electron chi connectivity index (χ0n) is 8.87. The topological polar surface area (TPSA) is 60.2 Å². The second-order valence-corrected chi connectivity index (χ2v) is 3.25. The van der Waals surface area contributed by atoms with E-state index in [2.05, 4.69) is 4.98 Å². The molecule has 0 amide bonds. The van der Waals surface area contributed by atoms with Crippen LogP contribution in [-0.2, 0) is 0 Å². The van der Waals surface area contributed by atoms with Crippen molar-refractivity contribution in [3.8, 4) is 0 Å². The molecule has 17 heavy (non-hydrogen) atoms. The van der Waals surface area contributed by atoms with Crippen LogP contribution < -0.4 is 0 Å². The molecule has 0 atom stereocenters. The molecule has 0 spiro atoms. The smallest absolute Gasteiger partial charge is 0.221 e. The molecule has 0 saturated heterocycles. The fourth-order valence-electron chi connectivity index (χ4n) is 1.25. The molecule has 2 aromatic heterocycles. The van der Waals surface area contributed by atoms with Gasteiger partial charge in [-0.1, -0.05) is 6.07 Å². The van der Waals surface area contributed by atoms with Gasteiger partial charge in [0.15, 0.2) is 5.76 Å². The summed E-state index contributed by atoms with van der Waals surface area (Å²) in [5, 5.41) is 0. The minimum Gasteiger partial charge on any atom is -0.461 e. The molecule has 0 N–H and O–H groups in total. The van der Waals surface area contributed by atoms with Gasteiger partial charge in [-0.15, -0.1) is 0 Å². The number of nitrogens with zero attached hydrogens (tertiary/aromatic N) is 1. The summed E-state index contributed by atoms with van der Waals surface area (Å²) in [5.74, 6) is -0.458. The van der Waals surface area contributed by atoms with Crippen LogP contribution in [0.3, 0.4) is 0 Å². The van der Waals surface area contributed by atoms with Gasteiger partial charge in [0.05, 0.1) is 6.26 Å². The maximum absolute atomic E-state index is 11.6. The summed E-state index contributed by atoms with van der Waals surface area (Å²) in [6.45, 7) is 0. The SMILES string of the molecule is O=C(C=CC(=O)c1ccco1)c1ccccn1. The van der Waals surface area contributed by atoms with Crippen molar-refractivity contribution >= 4 is 11.6 Å². The summed E-state index contributed by atoms with van der Waals surface area (Å²) >= 11 is 0. The van der Waals surface area contributed by atoms with Gasteiger partial charge in [0.1, 0.15) is 5.69 Å². The van der Waals surface area contributed by atoms with Gasteiger partial charge in [0.25, 0.3) is 0 Å². The van der Waals surface area contributed by atoms with E-state index in [4.69, 9.17) is 4.42 Å². The van der Waals surface area contributed by atoms with E-state index in [0.717, 1.165) is 0 Å². The summed E-state index contributed by atoms with van der Waals surface area (Å²) in [5.41, 5.74) is 0.302. The Morgan fingerprint density at radius 3 is 2.53 bits per heavy atom. The van der Waals surface area contributed by atoms with Crippen molar-refractivity contribution in [3.63, 3.8) is 0 Å². The minimum atomic E-state index is -0.348. The number of carbonyl (C=O) groups is 2. The fourth-order valence-corrected chi connectivity index (χ4v) is 1.25. The zero-order chi connectivity index (χ0) is 12.1. The predicted molar refractivity (Wildman–Crippen MR) is 60.7 cm³/mol. The first kappa shape index (κ1) is 11.0. The van der Waals surface area contributed by atoms with Crippen molar-refractivity contribution in [1.82, 2.24) is 4.98 Å². The predicted octanol–water partition coefficient (Wildman–Crippen LogP) is 2.30. The number of furan rings is 1. The van der Waals surface area contributed by atoms with E-state index < -0.39 is 0 Å². The van der Waals surface area contributed by atoms with Crippen LogP contribution in [0.1, 0.15) is 21.0 Å². The van der Waals surface area contributed by atoms with Crippen molar-refractivity contribution in [2.45, 2.75) is 0 Å². The first-order chi connectivity index (χ1) is 8.27. The largest absolute Gasteiger partial charge is 0.461 e. The van der Waals surface area contributed by atoms with Gasteiger partial charge in [-0.2, -0.15) is 0 Å². The molecule has 2 heterocycles. The van der Waals surface area contributed by atoms with Crippen LogP contribution >= 0.6 is 0 Å². The van der Waals surface area contributed by atoms with Gasteiger partial charge in [-0.05, 0) is 36.4 Å². The molecule has 0 bridgehead atoms. The quantitative estimate of drug-likeness (QED) is 0.594. The molecular formula is C13H9NO3. The van der Waals surface area contributed by atoms with Crippen molar-refractivity contribution in [3.05, 3.63) is 66.4 Å². The molecule has 2 aromatic rings. The number of aromatic nitrogens is 1. The highest BCUT2D eigenvalue weighted by Gasteiger charge is 2.06. The third-order valence-electron chi connectivity index (χ3n) is 2.07. The third kappa shape index (κ3) is 2.75. The van der Waals surface area contributed by atoms with Crippen LogP contribution in [0.2, 0.25) is 0 Å². The van der Waals surface area contributed by atoms with Crippen LogP contribution in [0.25, 0.3) is 0 Å². The Bertz CT molecular complexity index is 541. The molecule has 2 rings (SSSR count). The average Bonchev–Trinajstić information content (AvgIpc) is 2.90. The number of rotatable bonds is 4. The zero-order valence-corrected chi connectivity index (χ0v) is 8.87. The van der Waals surface area contributed by atoms with E-state index in [-0.39, 0.29) is 17.3 Å². The number of pyridine rings is 1. The monoisotopic (exact) mass is 227 g/mol. The van der Waals surface area contributed by atoms with Crippen LogP contribution in [0, 0.1) is 0 Å². The van der Waals surface area contributed by atoms with E-state index in [9.17, 15) is 9.59 Å². The van der Waals surface area contributed by atoms with Gasteiger partial charge in [0, 0.05) is 6.20 Å². The Morgan fingerprint density at radius 2 is 1.88 bits per heavy atom. The van der Waals surface area contributed by atoms with E-state index in [1.165, 1.54) is 30.7 Å². The van der Waals surface area contributed by atoms with Crippen molar-refractivity contribution in [1.29, 1.82) is 0 Å². The van der Waals surface area contributed by atoms with Crippen molar-refractivity contribution in [2.24, 2.45) is 0 Å². The molecule has 0 fully saturated rings. The summed E-state index contributed by atoms with van der Waals surface area (Å²) < 4.78 is 4.91. The van der Waals surface area contributed by atoms with Crippen molar-refractivity contribution < 1.29 is 14.0 Å². The molecule has 0 unspecified atom stereocenters. The maximum atomic E-state index is 11.6. The van der Waals surface area contributed by atoms with Crippen LogP contribution in [0.4, 0.5) is 0 Å². The molecule has 0 aliphatic heterocycles. The van der Waals surface area contributed by atoms with Gasteiger partial charge in [0.2, 0.25) is 11.6 Å². The highest BCUT2D eigenvalue weighted by Crippen LogP contribution is 2.03. The lowest BCUT2D eigenvalue weighted by molar-refractivity contribution is 0.100. The molecule has 84 valence electrons. The van der Waals surface area contributed by atoms with Crippen LogP contribution in [0.5, 0.6) is 0 Å². The van der Waals surface area contributed by atoms with E-state index in [0.29, 0.717) is 5.69 Å². The first-order valence-electron chi connectivity index (χ1n) is 4.98. The molecule has 0 aliphatic carbocycles. The first-order valence-corrected chi connectivity index (χ1v) is 4.98. The lowest BCUT2D eigenvalue weighted by Gasteiger charge is -1.92. The maximum Gasteiger partial charge on any atom is 0.221 e. The lowest BCUT2D eigenvalue weighted by atomic mass is 10.2. The normalized spacial score (nSPS) is 10.6. The highest BCUT2D eigenvalue weighted by atomic mass is 16.3. The Labute approximate surface area is 97.6 Å². The fraction of sp³-hybridized carbons (Fsp3) is 0. The number of ketones is 2. The third-order valence-corrected chi connectivity index (χ3v) is 2.07. The molecular weight excluding hydrogens is 218 g/mol. The second-order valence-electron chi connectivity index (χ2n) is 3.25. The Kier molecular flexibility index (Phi) is 3.25. The Morgan fingerprint density at radius 1 is 1.06 bits per heavy atom. The molecule has 0 aliphatic rings. The molecule has 4 nitrogen and oxygen atoms in total. The molecule has 0 saturated carbocycles. The molecule has 0 aromatic carbocycles. The number of carbonyl (C=O) groups excluding carboxylic acids is 2. The van der Waals surface area contributed by atoms with Gasteiger partial charge in [-0.3, -0.25) is 14.6 Å². The van der Waals surface area contributed by atoms with Gasteiger partial charge in [-0.25, -0.2) is 0 Å². The Hall–Kier alpha value is -2.49.